The van der Waals surface area contributed by atoms with Crippen LogP contribution in [0.3, 0.4) is 0 Å². The molecule has 32 heavy (non-hydrogen) atoms. The molecule has 3 aromatic rings. The lowest BCUT2D eigenvalue weighted by Crippen LogP contribution is -2.43. The van der Waals surface area contributed by atoms with Gasteiger partial charge in [0.1, 0.15) is 12.7 Å². The zero-order valence-corrected chi connectivity index (χ0v) is 18.2. The van der Waals surface area contributed by atoms with Crippen LogP contribution in [-0.2, 0) is 11.3 Å². The summed E-state index contributed by atoms with van der Waals surface area (Å²) in [6, 6.07) is 17.8. The zero-order valence-electron chi connectivity index (χ0n) is 18.2. The van der Waals surface area contributed by atoms with Gasteiger partial charge < -0.3 is 10.2 Å². The number of benzene rings is 2. The highest BCUT2D eigenvalue weighted by Crippen LogP contribution is 2.20. The Labute approximate surface area is 188 Å². The summed E-state index contributed by atoms with van der Waals surface area (Å²) in [5, 5.41) is 7.12. The van der Waals surface area contributed by atoms with Crippen LogP contribution in [0.15, 0.2) is 67.3 Å². The Bertz CT molecular complexity index is 1000. The van der Waals surface area contributed by atoms with Crippen molar-refractivity contribution in [2.45, 2.75) is 32.2 Å². The van der Waals surface area contributed by atoms with Crippen LogP contribution in [0.2, 0.25) is 0 Å². The van der Waals surface area contributed by atoms with Crippen molar-refractivity contribution in [1.29, 1.82) is 0 Å². The van der Waals surface area contributed by atoms with Crippen molar-refractivity contribution in [3.63, 3.8) is 0 Å². The molecule has 1 fully saturated rings. The predicted molar refractivity (Wildman–Crippen MR) is 123 cm³/mol. The monoisotopic (exact) mass is 431 g/mol. The van der Waals surface area contributed by atoms with Crippen molar-refractivity contribution in [1.82, 2.24) is 25.0 Å². The summed E-state index contributed by atoms with van der Waals surface area (Å²) in [6.07, 6.45) is 6.42. The van der Waals surface area contributed by atoms with E-state index in [9.17, 15) is 9.59 Å². The van der Waals surface area contributed by atoms with Gasteiger partial charge in [0.25, 0.3) is 5.91 Å². The van der Waals surface area contributed by atoms with E-state index in [0.717, 1.165) is 36.9 Å². The number of aromatic nitrogens is 3. The highest BCUT2D eigenvalue weighted by molar-refractivity contribution is 5.94. The number of hydrogen-bond acceptors (Lipinski definition) is 4. The van der Waals surface area contributed by atoms with Gasteiger partial charge in [-0.05, 0) is 48.4 Å². The maximum Gasteiger partial charge on any atom is 0.251 e. The van der Waals surface area contributed by atoms with E-state index in [2.05, 4.69) is 27.5 Å². The van der Waals surface area contributed by atoms with Gasteiger partial charge in [-0.25, -0.2) is 4.98 Å². The molecule has 2 aromatic carbocycles. The van der Waals surface area contributed by atoms with Crippen LogP contribution in [0.4, 0.5) is 0 Å². The maximum absolute atomic E-state index is 12.6. The summed E-state index contributed by atoms with van der Waals surface area (Å²) in [7, 11) is 0. The van der Waals surface area contributed by atoms with Crippen molar-refractivity contribution in [3.05, 3.63) is 72.8 Å². The molecule has 1 aromatic heterocycles. The highest BCUT2D eigenvalue weighted by Gasteiger charge is 2.23. The topological polar surface area (TPSA) is 80.1 Å². The molecule has 0 saturated carbocycles. The molecule has 1 aliphatic rings. The molecule has 0 bridgehead atoms. The molecule has 7 nitrogen and oxygen atoms in total. The molecule has 1 N–H and O–H groups in total. The maximum atomic E-state index is 12.6. The second-order valence-electron chi connectivity index (χ2n) is 8.26. The third-order valence-corrected chi connectivity index (χ3v) is 5.92. The van der Waals surface area contributed by atoms with Crippen molar-refractivity contribution in [2.24, 2.45) is 5.92 Å². The Morgan fingerprint density at radius 1 is 1.03 bits per heavy atom. The number of carbonyl (C=O) groups is 2. The fourth-order valence-electron chi connectivity index (χ4n) is 4.14. The summed E-state index contributed by atoms with van der Waals surface area (Å²) in [6.45, 7) is 2.78. The van der Waals surface area contributed by atoms with E-state index in [4.69, 9.17) is 0 Å². The fraction of sp³-hybridized carbons (Fsp3) is 0.360. The minimum atomic E-state index is -0.0686. The molecular formula is C25H29N5O2. The van der Waals surface area contributed by atoms with Crippen molar-refractivity contribution < 1.29 is 9.59 Å². The second kappa shape index (κ2) is 10.7. The van der Waals surface area contributed by atoms with E-state index in [1.54, 1.807) is 11.0 Å². The molecule has 1 saturated heterocycles. The lowest BCUT2D eigenvalue weighted by Gasteiger charge is -2.33. The Balaban J connectivity index is 1.22. The molecule has 0 radical (unpaired) electrons. The number of nitrogens with one attached hydrogen (secondary N) is 1. The molecule has 0 spiro atoms. The lowest BCUT2D eigenvalue weighted by atomic mass is 9.97. The first-order chi connectivity index (χ1) is 15.7. The average Bonchev–Trinajstić information content (AvgIpc) is 3.37. The van der Waals surface area contributed by atoms with Gasteiger partial charge in [0.2, 0.25) is 5.91 Å². The number of aryl methyl sites for hydroxylation is 1. The summed E-state index contributed by atoms with van der Waals surface area (Å²) >= 11 is 0. The Morgan fingerprint density at radius 2 is 1.81 bits per heavy atom. The first-order valence-electron chi connectivity index (χ1n) is 11.2. The number of rotatable bonds is 8. The number of nitrogens with zero attached hydrogens (tertiary/aromatic N) is 4. The normalized spacial score (nSPS) is 16.0. The van der Waals surface area contributed by atoms with Crippen LogP contribution >= 0.6 is 0 Å². The second-order valence-corrected chi connectivity index (χ2v) is 8.26. The first-order valence-corrected chi connectivity index (χ1v) is 11.2. The van der Waals surface area contributed by atoms with Gasteiger partial charge in [-0.2, -0.15) is 5.10 Å². The highest BCUT2D eigenvalue weighted by atomic mass is 16.2. The standard InChI is InChI=1S/C25H29N5O2/c31-24(9-5-15-30-19-26-18-28-30)29-14-4-6-20(17-29)16-27-25(32)23-12-10-22(11-13-23)21-7-2-1-3-8-21/h1-3,7-8,10-13,18-20H,4-6,9,14-17H2,(H,27,32)/t20-/m0/s1. The molecule has 2 amide bonds. The minimum Gasteiger partial charge on any atom is -0.352 e. The van der Waals surface area contributed by atoms with Gasteiger partial charge in [-0.1, -0.05) is 42.5 Å². The summed E-state index contributed by atoms with van der Waals surface area (Å²) in [4.78, 5) is 31.0. The Hall–Kier alpha value is -3.48. The van der Waals surface area contributed by atoms with Crippen LogP contribution in [0.5, 0.6) is 0 Å². The third kappa shape index (κ3) is 5.81. The molecule has 1 atom stereocenters. The van der Waals surface area contributed by atoms with Gasteiger partial charge >= 0.3 is 0 Å². The summed E-state index contributed by atoms with van der Waals surface area (Å²) in [5.41, 5.74) is 2.88. The van der Waals surface area contributed by atoms with Crippen molar-refractivity contribution >= 4 is 11.8 Å². The van der Waals surface area contributed by atoms with Gasteiger partial charge in [0.15, 0.2) is 0 Å². The Kier molecular flexibility index (Phi) is 7.27. The van der Waals surface area contributed by atoms with E-state index >= 15 is 0 Å². The van der Waals surface area contributed by atoms with E-state index in [-0.39, 0.29) is 17.7 Å². The van der Waals surface area contributed by atoms with Gasteiger partial charge in [0.05, 0.1) is 0 Å². The van der Waals surface area contributed by atoms with E-state index in [1.165, 1.54) is 6.33 Å². The third-order valence-electron chi connectivity index (χ3n) is 5.92. The number of amides is 2. The number of likely N-dealkylation sites (tertiary alicyclic amines) is 1. The molecule has 2 heterocycles. The quantitative estimate of drug-likeness (QED) is 0.593. The number of hydrogen-bond donors (Lipinski definition) is 1. The average molecular weight is 432 g/mol. The molecule has 7 heteroatoms. The summed E-state index contributed by atoms with van der Waals surface area (Å²) < 4.78 is 1.74. The fourth-order valence-corrected chi connectivity index (χ4v) is 4.14. The van der Waals surface area contributed by atoms with Crippen molar-refractivity contribution in [3.8, 4) is 11.1 Å². The molecule has 166 valence electrons. The molecular weight excluding hydrogens is 402 g/mol. The van der Waals surface area contributed by atoms with Crippen LogP contribution in [0.1, 0.15) is 36.0 Å². The molecule has 0 aliphatic carbocycles. The van der Waals surface area contributed by atoms with Crippen molar-refractivity contribution in [2.75, 3.05) is 19.6 Å². The van der Waals surface area contributed by atoms with Crippen LogP contribution in [0.25, 0.3) is 11.1 Å². The lowest BCUT2D eigenvalue weighted by molar-refractivity contribution is -0.133. The predicted octanol–water partition coefficient (Wildman–Crippen LogP) is 3.39. The van der Waals surface area contributed by atoms with E-state index in [1.807, 2.05) is 47.4 Å². The Morgan fingerprint density at radius 3 is 2.56 bits per heavy atom. The molecule has 0 unspecified atom stereocenters. The zero-order chi connectivity index (χ0) is 22.2. The largest absolute Gasteiger partial charge is 0.352 e. The van der Waals surface area contributed by atoms with E-state index in [0.29, 0.717) is 31.6 Å². The first kappa shape index (κ1) is 21.7. The SMILES string of the molecule is O=C(NC[C@@H]1CCCN(C(=O)CCCn2cncn2)C1)c1ccc(-c2ccccc2)cc1. The van der Waals surface area contributed by atoms with E-state index < -0.39 is 0 Å². The number of piperidine rings is 1. The molecule has 1 aliphatic heterocycles. The van der Waals surface area contributed by atoms with Crippen LogP contribution < -0.4 is 5.32 Å². The number of carbonyl (C=O) groups excluding carboxylic acids is 2. The van der Waals surface area contributed by atoms with Gasteiger partial charge in [0, 0.05) is 38.2 Å². The van der Waals surface area contributed by atoms with Gasteiger partial charge in [-0.15, -0.1) is 0 Å². The summed E-state index contributed by atoms with van der Waals surface area (Å²) in [5.74, 6) is 0.397. The molecule has 4 rings (SSSR count). The van der Waals surface area contributed by atoms with Crippen LogP contribution in [0, 0.1) is 5.92 Å². The minimum absolute atomic E-state index is 0.0686. The van der Waals surface area contributed by atoms with Crippen LogP contribution in [-0.4, -0.2) is 51.1 Å². The smallest absolute Gasteiger partial charge is 0.251 e. The van der Waals surface area contributed by atoms with Gasteiger partial charge in [-0.3, -0.25) is 14.3 Å².